The lowest BCUT2D eigenvalue weighted by Crippen LogP contribution is -2.12. The van der Waals surface area contributed by atoms with Gasteiger partial charge in [-0.3, -0.25) is 0 Å². The summed E-state index contributed by atoms with van der Waals surface area (Å²) >= 11 is 0. The summed E-state index contributed by atoms with van der Waals surface area (Å²) in [4.78, 5) is 0. The first-order valence-corrected chi connectivity index (χ1v) is 13.0. The van der Waals surface area contributed by atoms with Gasteiger partial charge in [0.1, 0.15) is 0 Å². The number of unbranched alkanes of at least 4 members (excludes halogenated alkanes) is 2. The van der Waals surface area contributed by atoms with Crippen molar-refractivity contribution in [3.8, 4) is 11.8 Å². The maximum Gasteiger partial charge on any atom is 0.0206 e. The topological polar surface area (TPSA) is 0 Å². The summed E-state index contributed by atoms with van der Waals surface area (Å²) in [6, 6.07) is 9.54. The molecule has 0 bridgehead atoms. The molecule has 0 aliphatic heterocycles. The normalized spacial score (nSPS) is 27.0. The van der Waals surface area contributed by atoms with Crippen LogP contribution in [0.15, 0.2) is 36.4 Å². The Bertz CT molecular complexity index is 667. The maximum absolute atomic E-state index is 3.56. The lowest BCUT2D eigenvalue weighted by atomic mass is 9.78. The van der Waals surface area contributed by atoms with Crippen LogP contribution in [0.2, 0.25) is 0 Å². The van der Waals surface area contributed by atoms with Gasteiger partial charge in [-0.25, -0.2) is 0 Å². The molecule has 0 heteroatoms. The average molecular weight is 405 g/mol. The van der Waals surface area contributed by atoms with Crippen LogP contribution in [0.25, 0.3) is 0 Å². The number of hydrogen-bond donors (Lipinski definition) is 0. The molecule has 164 valence electrons. The minimum atomic E-state index is 0.611. The van der Waals surface area contributed by atoms with Crippen molar-refractivity contribution in [3.63, 3.8) is 0 Å². The van der Waals surface area contributed by atoms with Crippen molar-refractivity contribution in [1.82, 2.24) is 0 Å². The highest BCUT2D eigenvalue weighted by Crippen LogP contribution is 2.36. The zero-order valence-corrected chi connectivity index (χ0v) is 19.7. The van der Waals surface area contributed by atoms with Gasteiger partial charge >= 0.3 is 0 Å². The summed E-state index contributed by atoms with van der Waals surface area (Å²) in [7, 11) is 0. The zero-order valence-electron chi connectivity index (χ0n) is 19.7. The smallest absolute Gasteiger partial charge is 0.0206 e. The average Bonchev–Trinajstić information content (AvgIpc) is 2.79. The van der Waals surface area contributed by atoms with Gasteiger partial charge < -0.3 is 0 Å². The predicted molar refractivity (Wildman–Crippen MR) is 132 cm³/mol. The molecule has 0 heterocycles. The van der Waals surface area contributed by atoms with Crippen LogP contribution in [0.4, 0.5) is 0 Å². The lowest BCUT2D eigenvalue weighted by molar-refractivity contribution is 0.294. The van der Waals surface area contributed by atoms with Crippen molar-refractivity contribution < 1.29 is 0 Å². The molecule has 0 radical (unpaired) electrons. The highest BCUT2D eigenvalue weighted by Gasteiger charge is 2.21. The molecule has 0 amide bonds. The second-order valence-corrected chi connectivity index (χ2v) is 9.96. The van der Waals surface area contributed by atoms with Gasteiger partial charge in [-0.1, -0.05) is 81.7 Å². The summed E-state index contributed by atoms with van der Waals surface area (Å²) < 4.78 is 0. The summed E-state index contributed by atoms with van der Waals surface area (Å²) in [5.41, 5.74) is 3.07. The van der Waals surface area contributed by atoms with Crippen molar-refractivity contribution >= 4 is 0 Å². The van der Waals surface area contributed by atoms with Crippen LogP contribution in [0.5, 0.6) is 0 Å². The van der Waals surface area contributed by atoms with Gasteiger partial charge in [0, 0.05) is 5.92 Å². The fourth-order valence-corrected chi connectivity index (χ4v) is 5.53. The Labute approximate surface area is 186 Å². The van der Waals surface area contributed by atoms with Crippen molar-refractivity contribution in [2.24, 2.45) is 17.8 Å². The van der Waals surface area contributed by atoms with Gasteiger partial charge in [-0.05, 0) is 99.2 Å². The third kappa shape index (κ3) is 7.65. The molecule has 0 unspecified atom stereocenters. The Kier molecular flexibility index (Phi) is 10.1. The summed E-state index contributed by atoms with van der Waals surface area (Å²) in [5.74, 6) is 10.1. The zero-order chi connectivity index (χ0) is 21.0. The van der Waals surface area contributed by atoms with E-state index >= 15 is 0 Å². The fraction of sp³-hybridized carbons (Fsp3) is 0.667. The van der Waals surface area contributed by atoms with E-state index in [2.05, 4.69) is 62.1 Å². The van der Waals surface area contributed by atoms with Gasteiger partial charge in [0.25, 0.3) is 0 Å². The van der Waals surface area contributed by atoms with E-state index in [-0.39, 0.29) is 0 Å². The molecule has 0 nitrogen and oxygen atoms in total. The van der Waals surface area contributed by atoms with Crippen LogP contribution in [-0.2, 0) is 6.42 Å². The van der Waals surface area contributed by atoms with E-state index in [4.69, 9.17) is 0 Å². The van der Waals surface area contributed by atoms with Gasteiger partial charge in [-0.2, -0.15) is 0 Å². The molecule has 30 heavy (non-hydrogen) atoms. The van der Waals surface area contributed by atoms with Crippen LogP contribution in [-0.4, -0.2) is 0 Å². The van der Waals surface area contributed by atoms with Crippen LogP contribution in [0.3, 0.4) is 0 Å². The van der Waals surface area contributed by atoms with E-state index in [1.807, 2.05) is 0 Å². The van der Waals surface area contributed by atoms with Gasteiger partial charge in [-0.15, -0.1) is 0 Å². The lowest BCUT2D eigenvalue weighted by Gasteiger charge is -2.26. The number of rotatable bonds is 8. The molecular formula is C30H44. The van der Waals surface area contributed by atoms with E-state index in [9.17, 15) is 0 Å². The largest absolute Gasteiger partial charge is 0.0951 e. The monoisotopic (exact) mass is 404 g/mol. The van der Waals surface area contributed by atoms with Gasteiger partial charge in [0.15, 0.2) is 0 Å². The molecule has 1 aromatic carbocycles. The first kappa shape index (κ1) is 23.2. The molecule has 2 saturated carbocycles. The van der Waals surface area contributed by atoms with E-state index < -0.39 is 0 Å². The minimum absolute atomic E-state index is 0.611. The SMILES string of the molecule is CCCCCc1ccc([C@H]2CC[C@H](C#C/C=C/[C@H]3CC[C@H](CCC)CC3)CC2)cc1. The third-order valence-electron chi connectivity index (χ3n) is 7.57. The van der Waals surface area contributed by atoms with Crippen LogP contribution in [0.1, 0.15) is 114 Å². The van der Waals surface area contributed by atoms with Crippen molar-refractivity contribution in [1.29, 1.82) is 0 Å². The van der Waals surface area contributed by atoms with Crippen molar-refractivity contribution in [2.45, 2.75) is 110 Å². The third-order valence-corrected chi connectivity index (χ3v) is 7.57. The fourth-order valence-electron chi connectivity index (χ4n) is 5.53. The van der Waals surface area contributed by atoms with E-state index in [1.165, 1.54) is 95.5 Å². The summed E-state index contributed by atoms with van der Waals surface area (Å²) in [5, 5.41) is 0. The van der Waals surface area contributed by atoms with Crippen molar-refractivity contribution in [3.05, 3.63) is 47.5 Å². The molecule has 0 N–H and O–H groups in total. The highest BCUT2D eigenvalue weighted by molar-refractivity contribution is 5.26. The quantitative estimate of drug-likeness (QED) is 0.300. The highest BCUT2D eigenvalue weighted by atomic mass is 14.3. The molecule has 2 aliphatic rings. The van der Waals surface area contributed by atoms with E-state index in [1.54, 1.807) is 5.56 Å². The second kappa shape index (κ2) is 13.0. The Morgan fingerprint density at radius 3 is 2.23 bits per heavy atom. The number of aryl methyl sites for hydroxylation is 1. The Balaban J connectivity index is 1.37. The Hall–Kier alpha value is -1.48. The predicted octanol–water partition coefficient (Wildman–Crippen LogP) is 8.86. The Morgan fingerprint density at radius 2 is 1.57 bits per heavy atom. The molecule has 0 saturated heterocycles. The molecular weight excluding hydrogens is 360 g/mol. The second-order valence-electron chi connectivity index (χ2n) is 9.96. The molecule has 2 aliphatic carbocycles. The number of allylic oxidation sites excluding steroid dienone is 2. The molecule has 3 rings (SSSR count). The summed E-state index contributed by atoms with van der Waals surface area (Å²) in [6.45, 7) is 4.60. The molecule has 0 atom stereocenters. The van der Waals surface area contributed by atoms with E-state index in [0.717, 1.165) is 17.8 Å². The van der Waals surface area contributed by atoms with Crippen molar-refractivity contribution in [2.75, 3.05) is 0 Å². The summed E-state index contributed by atoms with van der Waals surface area (Å²) in [6.07, 6.45) is 23.4. The Morgan fingerprint density at radius 1 is 0.833 bits per heavy atom. The number of hydrogen-bond acceptors (Lipinski definition) is 0. The van der Waals surface area contributed by atoms with Crippen LogP contribution >= 0.6 is 0 Å². The number of benzene rings is 1. The maximum atomic E-state index is 3.56. The van der Waals surface area contributed by atoms with Crippen LogP contribution in [0, 0.1) is 29.6 Å². The molecule has 2 fully saturated rings. The first-order valence-electron chi connectivity index (χ1n) is 13.0. The molecule has 1 aromatic rings. The standard InChI is InChI=1S/C30H44/c1-3-5-6-10-27-17-21-29(22-18-27)30-23-19-28(20-24-30)12-8-7-11-26-15-13-25(9-4-2)14-16-26/h7,11,17-18,21-22,25-26,28,30H,3-6,9-10,13-16,19-20,23-24H2,1-2H3/b11-7+/t25-,26-,28-,30-. The minimum Gasteiger partial charge on any atom is -0.0951 e. The van der Waals surface area contributed by atoms with E-state index in [0.29, 0.717) is 5.92 Å². The first-order chi connectivity index (χ1) is 14.8. The van der Waals surface area contributed by atoms with Gasteiger partial charge in [0.2, 0.25) is 0 Å². The molecule has 0 spiro atoms. The van der Waals surface area contributed by atoms with Crippen LogP contribution < -0.4 is 0 Å². The van der Waals surface area contributed by atoms with Gasteiger partial charge in [0.05, 0.1) is 0 Å². The molecule has 0 aromatic heterocycles.